The number of nitrogens with zero attached hydrogens (tertiary/aromatic N) is 4. The summed E-state index contributed by atoms with van der Waals surface area (Å²) in [6.45, 7) is 5.02. The zero-order valence-corrected chi connectivity index (χ0v) is 21.6. The number of aromatic nitrogens is 4. The van der Waals surface area contributed by atoms with Gasteiger partial charge in [0.2, 0.25) is 0 Å². The lowest BCUT2D eigenvalue weighted by atomic mass is 10.1. The van der Waals surface area contributed by atoms with E-state index >= 15 is 0 Å². The standard InChI is InChI=1S/C25H29N5O5S/c1-25(2,3)36(33,34)22-14-30-20(13-26-23(30)11-21(22)35-5)18-10-19(29(4)28-18)24(32)27-12-16-8-6-7-9-17(16)15-31/h6-11,13-14,31H,12,15H2,1-5H3,(H,27,32). The van der Waals surface area contributed by atoms with Crippen molar-refractivity contribution in [2.45, 2.75) is 43.6 Å². The summed E-state index contributed by atoms with van der Waals surface area (Å²) < 4.78 is 33.9. The van der Waals surface area contributed by atoms with Crippen LogP contribution in [0.4, 0.5) is 0 Å². The van der Waals surface area contributed by atoms with Crippen LogP contribution in [0.15, 0.2) is 53.7 Å². The molecule has 3 heterocycles. The highest BCUT2D eigenvalue weighted by Crippen LogP contribution is 2.34. The zero-order chi connectivity index (χ0) is 26.3. The Morgan fingerprint density at radius 1 is 1.17 bits per heavy atom. The molecule has 0 aliphatic rings. The van der Waals surface area contributed by atoms with Gasteiger partial charge in [-0.3, -0.25) is 13.9 Å². The summed E-state index contributed by atoms with van der Waals surface area (Å²) in [5, 5.41) is 16.8. The van der Waals surface area contributed by atoms with E-state index in [1.54, 1.807) is 56.6 Å². The van der Waals surface area contributed by atoms with Gasteiger partial charge in [-0.05, 0) is 38.0 Å². The minimum Gasteiger partial charge on any atom is -0.495 e. The number of pyridine rings is 1. The van der Waals surface area contributed by atoms with Gasteiger partial charge in [0.1, 0.15) is 27.7 Å². The molecule has 1 aromatic carbocycles. The molecule has 4 rings (SSSR count). The summed E-state index contributed by atoms with van der Waals surface area (Å²) in [6.07, 6.45) is 3.06. The SMILES string of the molecule is COc1cc2ncc(-c3cc(C(=O)NCc4ccccc4CO)n(C)n3)n2cc1S(=O)(=O)C(C)(C)C. The maximum absolute atomic E-state index is 13.2. The van der Waals surface area contributed by atoms with E-state index in [4.69, 9.17) is 4.74 Å². The predicted octanol–water partition coefficient (Wildman–Crippen LogP) is 2.74. The second kappa shape index (κ2) is 9.40. The first kappa shape index (κ1) is 25.4. The molecule has 0 spiro atoms. The first-order chi connectivity index (χ1) is 17.0. The van der Waals surface area contributed by atoms with Crippen molar-refractivity contribution in [3.63, 3.8) is 0 Å². The van der Waals surface area contributed by atoms with Crippen LogP contribution < -0.4 is 10.1 Å². The maximum atomic E-state index is 13.2. The molecule has 0 unspecified atom stereocenters. The Morgan fingerprint density at radius 3 is 2.50 bits per heavy atom. The van der Waals surface area contributed by atoms with Crippen molar-refractivity contribution >= 4 is 21.4 Å². The Bertz CT molecular complexity index is 1550. The summed E-state index contributed by atoms with van der Waals surface area (Å²) in [5.41, 5.74) is 3.34. The predicted molar refractivity (Wildman–Crippen MR) is 134 cm³/mol. The van der Waals surface area contributed by atoms with E-state index in [9.17, 15) is 18.3 Å². The van der Waals surface area contributed by atoms with Crippen LogP contribution in [0.1, 0.15) is 42.4 Å². The van der Waals surface area contributed by atoms with Crippen molar-refractivity contribution in [1.82, 2.24) is 24.5 Å². The fraction of sp³-hybridized carbons (Fsp3) is 0.320. The number of carbonyl (C=O) groups is 1. The fourth-order valence-corrected chi connectivity index (χ4v) is 5.13. The Hall–Kier alpha value is -3.70. The third-order valence-electron chi connectivity index (χ3n) is 5.99. The molecule has 0 radical (unpaired) electrons. The minimum absolute atomic E-state index is 0.0423. The van der Waals surface area contributed by atoms with Crippen molar-refractivity contribution in [3.8, 4) is 17.1 Å². The van der Waals surface area contributed by atoms with Gasteiger partial charge < -0.3 is 15.2 Å². The van der Waals surface area contributed by atoms with Gasteiger partial charge >= 0.3 is 0 Å². The Kier molecular flexibility index (Phi) is 6.63. The summed E-state index contributed by atoms with van der Waals surface area (Å²) >= 11 is 0. The molecular weight excluding hydrogens is 482 g/mol. The van der Waals surface area contributed by atoms with Crippen molar-refractivity contribution in [2.24, 2.45) is 7.05 Å². The second-order valence-electron chi connectivity index (χ2n) is 9.34. The van der Waals surface area contributed by atoms with Crippen LogP contribution in [0.3, 0.4) is 0 Å². The van der Waals surface area contributed by atoms with Gasteiger partial charge in [0, 0.05) is 25.9 Å². The zero-order valence-electron chi connectivity index (χ0n) is 20.8. The number of aliphatic hydroxyl groups excluding tert-OH is 1. The molecule has 3 aromatic heterocycles. The number of hydrogen-bond acceptors (Lipinski definition) is 7. The first-order valence-electron chi connectivity index (χ1n) is 11.3. The van der Waals surface area contributed by atoms with E-state index in [2.05, 4.69) is 15.4 Å². The molecule has 36 heavy (non-hydrogen) atoms. The van der Waals surface area contributed by atoms with Crippen molar-refractivity contribution < 1.29 is 23.1 Å². The van der Waals surface area contributed by atoms with Crippen LogP contribution >= 0.6 is 0 Å². The molecule has 0 saturated heterocycles. The highest BCUT2D eigenvalue weighted by Gasteiger charge is 2.34. The van der Waals surface area contributed by atoms with Crippen LogP contribution in [-0.2, 0) is 30.0 Å². The first-order valence-corrected chi connectivity index (χ1v) is 12.8. The molecule has 0 bridgehead atoms. The molecule has 11 heteroatoms. The van der Waals surface area contributed by atoms with Crippen molar-refractivity contribution in [3.05, 3.63) is 65.6 Å². The monoisotopic (exact) mass is 511 g/mol. The molecule has 0 atom stereocenters. The quantitative estimate of drug-likeness (QED) is 0.390. The molecule has 0 fully saturated rings. The lowest BCUT2D eigenvalue weighted by molar-refractivity contribution is 0.0941. The van der Waals surface area contributed by atoms with Crippen LogP contribution in [0.2, 0.25) is 0 Å². The van der Waals surface area contributed by atoms with Gasteiger partial charge in [-0.15, -0.1) is 0 Å². The molecule has 0 saturated carbocycles. The molecule has 0 aliphatic carbocycles. The third-order valence-corrected chi connectivity index (χ3v) is 8.49. The number of benzene rings is 1. The van der Waals surface area contributed by atoms with Gasteiger partial charge in [0.25, 0.3) is 5.91 Å². The Labute approximate surface area is 209 Å². The Morgan fingerprint density at radius 2 is 1.86 bits per heavy atom. The van der Waals surface area contributed by atoms with E-state index in [0.717, 1.165) is 11.1 Å². The number of nitrogens with one attached hydrogen (secondary N) is 1. The molecule has 0 aliphatic heterocycles. The average molecular weight is 512 g/mol. The van der Waals surface area contributed by atoms with Crippen LogP contribution in [0, 0.1) is 0 Å². The van der Waals surface area contributed by atoms with Crippen LogP contribution in [0.25, 0.3) is 17.0 Å². The molecule has 4 aromatic rings. The topological polar surface area (TPSA) is 128 Å². The number of hydrogen-bond donors (Lipinski definition) is 2. The van der Waals surface area contributed by atoms with Gasteiger partial charge in [-0.25, -0.2) is 13.4 Å². The number of rotatable bonds is 7. The van der Waals surface area contributed by atoms with Gasteiger partial charge in [0.05, 0.1) is 30.4 Å². The number of imidazole rings is 1. The van der Waals surface area contributed by atoms with Gasteiger partial charge in [-0.2, -0.15) is 5.10 Å². The highest BCUT2D eigenvalue weighted by atomic mass is 32.2. The number of sulfone groups is 1. The average Bonchev–Trinajstić information content (AvgIpc) is 3.43. The summed E-state index contributed by atoms with van der Waals surface area (Å²) in [6, 6.07) is 10.5. The number of amides is 1. The van der Waals surface area contributed by atoms with Gasteiger partial charge in [-0.1, -0.05) is 24.3 Å². The lowest BCUT2D eigenvalue weighted by Crippen LogP contribution is -2.28. The van der Waals surface area contributed by atoms with Crippen LogP contribution in [0.5, 0.6) is 5.75 Å². The number of ether oxygens (including phenoxy) is 1. The number of aryl methyl sites for hydroxylation is 1. The number of aliphatic hydroxyl groups is 1. The maximum Gasteiger partial charge on any atom is 0.269 e. The largest absolute Gasteiger partial charge is 0.495 e. The number of carbonyl (C=O) groups excluding carboxylic acids is 1. The third kappa shape index (κ3) is 4.47. The summed E-state index contributed by atoms with van der Waals surface area (Å²) in [4.78, 5) is 17.3. The van der Waals surface area contributed by atoms with E-state index in [-0.39, 0.29) is 29.7 Å². The normalized spacial score (nSPS) is 12.2. The van der Waals surface area contributed by atoms with E-state index in [1.165, 1.54) is 18.0 Å². The molecule has 1 amide bonds. The van der Waals surface area contributed by atoms with Crippen molar-refractivity contribution in [1.29, 1.82) is 0 Å². The fourth-order valence-electron chi connectivity index (χ4n) is 3.82. The Balaban J connectivity index is 1.70. The van der Waals surface area contributed by atoms with Crippen molar-refractivity contribution in [2.75, 3.05) is 7.11 Å². The molecule has 190 valence electrons. The minimum atomic E-state index is -3.72. The number of fused-ring (bicyclic) bond motifs is 1. The molecule has 10 nitrogen and oxygen atoms in total. The molecular formula is C25H29N5O5S. The molecule has 2 N–H and O–H groups in total. The van der Waals surface area contributed by atoms with E-state index in [0.29, 0.717) is 22.7 Å². The van der Waals surface area contributed by atoms with Crippen LogP contribution in [-0.4, -0.2) is 50.5 Å². The highest BCUT2D eigenvalue weighted by molar-refractivity contribution is 7.92. The summed E-state index contributed by atoms with van der Waals surface area (Å²) in [7, 11) is -0.653. The lowest BCUT2D eigenvalue weighted by Gasteiger charge is -2.21. The second-order valence-corrected chi connectivity index (χ2v) is 12.0. The van der Waals surface area contributed by atoms with Gasteiger partial charge in [0.15, 0.2) is 9.84 Å². The number of methoxy groups -OCH3 is 1. The summed E-state index contributed by atoms with van der Waals surface area (Å²) in [5.74, 6) is -0.130. The smallest absolute Gasteiger partial charge is 0.269 e. The van der Waals surface area contributed by atoms with E-state index in [1.807, 2.05) is 18.2 Å². The van der Waals surface area contributed by atoms with E-state index < -0.39 is 14.6 Å².